The Bertz CT molecular complexity index is 671. The van der Waals surface area contributed by atoms with E-state index < -0.39 is 11.6 Å². The molecule has 0 saturated heterocycles. The van der Waals surface area contributed by atoms with Gasteiger partial charge in [0, 0.05) is 24.8 Å². The van der Waals surface area contributed by atoms with Crippen LogP contribution in [0.15, 0.2) is 36.4 Å². The lowest BCUT2D eigenvalue weighted by molar-refractivity contribution is 0.0962. The molecule has 21 heavy (non-hydrogen) atoms. The second kappa shape index (κ2) is 6.35. The summed E-state index contributed by atoms with van der Waals surface area (Å²) in [7, 11) is 1.57. The van der Waals surface area contributed by atoms with Gasteiger partial charge < -0.3 is 10.6 Å². The van der Waals surface area contributed by atoms with E-state index in [1.54, 1.807) is 19.2 Å². The predicted octanol–water partition coefficient (Wildman–Crippen LogP) is 3.24. The van der Waals surface area contributed by atoms with Crippen molar-refractivity contribution in [1.29, 1.82) is 0 Å². The van der Waals surface area contributed by atoms with E-state index in [0.29, 0.717) is 17.7 Å². The van der Waals surface area contributed by atoms with Crippen LogP contribution >= 0.6 is 0 Å². The molecule has 0 aromatic heterocycles. The van der Waals surface area contributed by atoms with Crippen LogP contribution in [0.5, 0.6) is 0 Å². The third kappa shape index (κ3) is 3.37. The fourth-order valence-electron chi connectivity index (χ4n) is 2.05. The van der Waals surface area contributed by atoms with Crippen molar-refractivity contribution in [1.82, 2.24) is 5.32 Å². The molecule has 0 spiro atoms. The molecule has 0 radical (unpaired) electrons. The smallest absolute Gasteiger partial charge is 0.251 e. The van der Waals surface area contributed by atoms with E-state index in [2.05, 4.69) is 10.6 Å². The Morgan fingerprint density at radius 2 is 1.90 bits per heavy atom. The molecule has 1 amide bonds. The fourth-order valence-corrected chi connectivity index (χ4v) is 2.05. The van der Waals surface area contributed by atoms with E-state index >= 15 is 0 Å². The molecule has 0 bridgehead atoms. The van der Waals surface area contributed by atoms with Crippen LogP contribution in [0.3, 0.4) is 0 Å². The minimum absolute atomic E-state index is 0.163. The predicted molar refractivity (Wildman–Crippen MR) is 78.3 cm³/mol. The maximum atomic E-state index is 13.1. The molecular formula is C16H16F2N2O. The first-order valence-electron chi connectivity index (χ1n) is 6.52. The first kappa shape index (κ1) is 15.0. The van der Waals surface area contributed by atoms with Crippen molar-refractivity contribution in [3.8, 4) is 0 Å². The minimum Gasteiger partial charge on any atom is -0.381 e. The molecule has 2 aromatic rings. The SMILES string of the molecule is CNC(=O)c1cccc(NCc2ccc(F)c(F)c2)c1C. The Labute approximate surface area is 122 Å². The number of anilines is 1. The first-order valence-corrected chi connectivity index (χ1v) is 6.52. The first-order chi connectivity index (χ1) is 10.0. The van der Waals surface area contributed by atoms with E-state index in [1.165, 1.54) is 6.07 Å². The van der Waals surface area contributed by atoms with Gasteiger partial charge in [-0.25, -0.2) is 8.78 Å². The summed E-state index contributed by atoms with van der Waals surface area (Å²) < 4.78 is 26.0. The minimum atomic E-state index is -0.870. The van der Waals surface area contributed by atoms with Gasteiger partial charge in [-0.2, -0.15) is 0 Å². The number of carbonyl (C=O) groups is 1. The monoisotopic (exact) mass is 290 g/mol. The average molecular weight is 290 g/mol. The Morgan fingerprint density at radius 1 is 1.14 bits per heavy atom. The lowest BCUT2D eigenvalue weighted by Crippen LogP contribution is -2.19. The lowest BCUT2D eigenvalue weighted by Gasteiger charge is -2.13. The molecule has 0 fully saturated rings. The number of hydrogen-bond donors (Lipinski definition) is 2. The van der Waals surface area contributed by atoms with Crippen molar-refractivity contribution in [2.75, 3.05) is 12.4 Å². The molecule has 110 valence electrons. The quantitative estimate of drug-likeness (QED) is 0.907. The van der Waals surface area contributed by atoms with Gasteiger partial charge in [0.2, 0.25) is 0 Å². The molecule has 0 aliphatic rings. The van der Waals surface area contributed by atoms with Crippen molar-refractivity contribution in [2.24, 2.45) is 0 Å². The molecule has 0 aliphatic carbocycles. The number of nitrogens with one attached hydrogen (secondary N) is 2. The summed E-state index contributed by atoms with van der Waals surface area (Å²) in [6.45, 7) is 2.17. The molecule has 3 nitrogen and oxygen atoms in total. The highest BCUT2D eigenvalue weighted by atomic mass is 19.2. The Kier molecular flexibility index (Phi) is 4.52. The van der Waals surface area contributed by atoms with E-state index in [1.807, 2.05) is 13.0 Å². The summed E-state index contributed by atoms with van der Waals surface area (Å²) in [5.41, 5.74) is 2.78. The van der Waals surface area contributed by atoms with Crippen molar-refractivity contribution < 1.29 is 13.6 Å². The second-order valence-electron chi connectivity index (χ2n) is 4.66. The van der Waals surface area contributed by atoms with Gasteiger partial charge in [-0.3, -0.25) is 4.79 Å². The van der Waals surface area contributed by atoms with Crippen LogP contribution in [-0.2, 0) is 6.54 Å². The molecule has 0 atom stereocenters. The summed E-state index contributed by atoms with van der Waals surface area (Å²) in [5.74, 6) is -1.90. The zero-order valence-corrected chi connectivity index (χ0v) is 11.8. The van der Waals surface area contributed by atoms with Gasteiger partial charge in [0.15, 0.2) is 11.6 Å². The summed E-state index contributed by atoms with van der Waals surface area (Å²) in [6.07, 6.45) is 0. The molecule has 2 aromatic carbocycles. The Balaban J connectivity index is 2.16. The van der Waals surface area contributed by atoms with Gasteiger partial charge in [-0.05, 0) is 42.3 Å². The molecule has 2 N–H and O–H groups in total. The summed E-state index contributed by atoms with van der Waals surface area (Å²) in [5, 5.41) is 5.70. The van der Waals surface area contributed by atoms with Crippen LogP contribution in [0.25, 0.3) is 0 Å². The topological polar surface area (TPSA) is 41.1 Å². The average Bonchev–Trinajstić information content (AvgIpc) is 2.49. The molecule has 0 aliphatic heterocycles. The van der Waals surface area contributed by atoms with Gasteiger partial charge in [-0.1, -0.05) is 12.1 Å². The number of halogens is 2. The van der Waals surface area contributed by atoms with Crippen LogP contribution in [-0.4, -0.2) is 13.0 Å². The van der Waals surface area contributed by atoms with Gasteiger partial charge in [0.25, 0.3) is 5.91 Å². The summed E-state index contributed by atoms with van der Waals surface area (Å²) in [4.78, 5) is 11.7. The molecule has 0 unspecified atom stereocenters. The third-order valence-electron chi connectivity index (χ3n) is 3.27. The molecule has 5 heteroatoms. The number of rotatable bonds is 4. The summed E-state index contributed by atoms with van der Waals surface area (Å²) in [6, 6.07) is 9.10. The van der Waals surface area contributed by atoms with Crippen molar-refractivity contribution >= 4 is 11.6 Å². The number of hydrogen-bond acceptors (Lipinski definition) is 2. The number of carbonyl (C=O) groups excluding carboxylic acids is 1. The van der Waals surface area contributed by atoms with Crippen molar-refractivity contribution in [2.45, 2.75) is 13.5 Å². The van der Waals surface area contributed by atoms with Gasteiger partial charge in [-0.15, -0.1) is 0 Å². The number of amides is 1. The zero-order valence-electron chi connectivity index (χ0n) is 11.8. The fraction of sp³-hybridized carbons (Fsp3) is 0.188. The van der Waals surface area contributed by atoms with E-state index in [0.717, 1.165) is 23.4 Å². The Hall–Kier alpha value is -2.43. The van der Waals surface area contributed by atoms with E-state index in [-0.39, 0.29) is 5.91 Å². The van der Waals surface area contributed by atoms with Crippen molar-refractivity contribution in [3.05, 3.63) is 64.7 Å². The van der Waals surface area contributed by atoms with Crippen LogP contribution in [0, 0.1) is 18.6 Å². The van der Waals surface area contributed by atoms with Gasteiger partial charge in [0.1, 0.15) is 0 Å². The van der Waals surface area contributed by atoms with Crippen LogP contribution in [0.1, 0.15) is 21.5 Å². The highest BCUT2D eigenvalue weighted by Crippen LogP contribution is 2.20. The molecule has 2 rings (SSSR count). The molecule has 0 saturated carbocycles. The van der Waals surface area contributed by atoms with Crippen LogP contribution in [0.2, 0.25) is 0 Å². The van der Waals surface area contributed by atoms with Crippen LogP contribution < -0.4 is 10.6 Å². The maximum Gasteiger partial charge on any atom is 0.251 e. The van der Waals surface area contributed by atoms with E-state index in [9.17, 15) is 13.6 Å². The van der Waals surface area contributed by atoms with Gasteiger partial charge >= 0.3 is 0 Å². The largest absolute Gasteiger partial charge is 0.381 e. The van der Waals surface area contributed by atoms with E-state index in [4.69, 9.17) is 0 Å². The lowest BCUT2D eigenvalue weighted by atomic mass is 10.1. The third-order valence-corrected chi connectivity index (χ3v) is 3.27. The molecule has 0 heterocycles. The number of benzene rings is 2. The zero-order chi connectivity index (χ0) is 15.4. The van der Waals surface area contributed by atoms with Gasteiger partial charge in [0.05, 0.1) is 0 Å². The summed E-state index contributed by atoms with van der Waals surface area (Å²) >= 11 is 0. The van der Waals surface area contributed by atoms with Crippen molar-refractivity contribution in [3.63, 3.8) is 0 Å². The normalized spacial score (nSPS) is 10.3. The highest BCUT2D eigenvalue weighted by Gasteiger charge is 2.10. The molecular weight excluding hydrogens is 274 g/mol. The Morgan fingerprint density at radius 3 is 2.57 bits per heavy atom. The van der Waals surface area contributed by atoms with Crippen LogP contribution in [0.4, 0.5) is 14.5 Å². The standard InChI is InChI=1S/C16H16F2N2O/c1-10-12(16(21)19-2)4-3-5-15(10)20-9-11-6-7-13(17)14(18)8-11/h3-8,20H,9H2,1-2H3,(H,19,21). The maximum absolute atomic E-state index is 13.1. The second-order valence-corrected chi connectivity index (χ2v) is 4.66. The highest BCUT2D eigenvalue weighted by molar-refractivity contribution is 5.96.